The van der Waals surface area contributed by atoms with Crippen LogP contribution in [-0.2, 0) is 9.53 Å². The van der Waals surface area contributed by atoms with E-state index in [0.717, 1.165) is 19.0 Å². The lowest BCUT2D eigenvalue weighted by Crippen LogP contribution is -2.52. The maximum absolute atomic E-state index is 12.3. The van der Waals surface area contributed by atoms with Gasteiger partial charge in [0.2, 0.25) is 5.91 Å². The number of nitrogens with zero attached hydrogens (tertiary/aromatic N) is 1. The molecule has 18 heavy (non-hydrogen) atoms. The molecule has 1 saturated heterocycles. The smallest absolute Gasteiger partial charge is 0.239 e. The molecule has 0 aromatic heterocycles. The van der Waals surface area contributed by atoms with Gasteiger partial charge in [0, 0.05) is 19.1 Å². The predicted molar refractivity (Wildman–Crippen MR) is 71.4 cm³/mol. The van der Waals surface area contributed by atoms with Crippen LogP contribution in [0.25, 0.3) is 0 Å². The van der Waals surface area contributed by atoms with Crippen LogP contribution in [0.3, 0.4) is 0 Å². The fourth-order valence-electron chi connectivity index (χ4n) is 3.12. The summed E-state index contributed by atoms with van der Waals surface area (Å²) in [6.07, 6.45) is 5.32. The molecular formula is C14H26N2O2. The zero-order valence-corrected chi connectivity index (χ0v) is 11.7. The van der Waals surface area contributed by atoms with Crippen LogP contribution in [-0.4, -0.2) is 49.2 Å². The van der Waals surface area contributed by atoms with E-state index in [9.17, 15) is 4.79 Å². The van der Waals surface area contributed by atoms with E-state index in [2.05, 4.69) is 12.2 Å². The number of hydrogen-bond donors (Lipinski definition) is 1. The van der Waals surface area contributed by atoms with Crippen LogP contribution >= 0.6 is 0 Å². The highest BCUT2D eigenvalue weighted by Crippen LogP contribution is 2.27. The van der Waals surface area contributed by atoms with E-state index in [1.54, 1.807) is 0 Å². The zero-order chi connectivity index (χ0) is 13.0. The highest BCUT2D eigenvalue weighted by atomic mass is 16.5. The van der Waals surface area contributed by atoms with E-state index >= 15 is 0 Å². The fraction of sp³-hybridized carbons (Fsp3) is 0.929. The minimum Gasteiger partial charge on any atom is -0.378 e. The minimum absolute atomic E-state index is 0.0706. The van der Waals surface area contributed by atoms with Gasteiger partial charge in [0.05, 0.1) is 19.3 Å². The van der Waals surface area contributed by atoms with Crippen LogP contribution in [0.1, 0.15) is 39.5 Å². The normalized spacial score (nSPS) is 25.1. The molecule has 1 heterocycles. The van der Waals surface area contributed by atoms with Gasteiger partial charge >= 0.3 is 0 Å². The summed E-state index contributed by atoms with van der Waals surface area (Å²) < 4.78 is 5.28. The van der Waals surface area contributed by atoms with Gasteiger partial charge in [0.25, 0.3) is 0 Å². The molecule has 0 radical (unpaired) electrons. The Morgan fingerprint density at radius 1 is 1.22 bits per heavy atom. The molecule has 2 atom stereocenters. The van der Waals surface area contributed by atoms with Gasteiger partial charge in [-0.3, -0.25) is 4.79 Å². The maximum atomic E-state index is 12.3. The van der Waals surface area contributed by atoms with Crippen LogP contribution in [0.5, 0.6) is 0 Å². The molecule has 1 amide bonds. The Hall–Kier alpha value is -0.610. The summed E-state index contributed by atoms with van der Waals surface area (Å²) in [5.41, 5.74) is 0. The molecule has 0 spiro atoms. The van der Waals surface area contributed by atoms with Crippen molar-refractivity contribution in [3.63, 3.8) is 0 Å². The number of carbonyl (C=O) groups is 1. The second-order valence-electron chi connectivity index (χ2n) is 5.66. The van der Waals surface area contributed by atoms with E-state index in [0.29, 0.717) is 19.3 Å². The van der Waals surface area contributed by atoms with E-state index in [1.165, 1.54) is 25.7 Å². The number of ether oxygens (including phenoxy) is 1. The third-order valence-electron chi connectivity index (χ3n) is 4.31. The molecule has 2 unspecified atom stereocenters. The number of rotatable bonds is 4. The van der Waals surface area contributed by atoms with Crippen LogP contribution in [0.15, 0.2) is 0 Å². The highest BCUT2D eigenvalue weighted by Gasteiger charge is 2.27. The quantitative estimate of drug-likeness (QED) is 0.824. The predicted octanol–water partition coefficient (Wildman–Crippen LogP) is 1.40. The summed E-state index contributed by atoms with van der Waals surface area (Å²) >= 11 is 0. The van der Waals surface area contributed by atoms with Crippen molar-refractivity contribution in [3.8, 4) is 0 Å². The average molecular weight is 254 g/mol. The van der Waals surface area contributed by atoms with Crippen LogP contribution in [0, 0.1) is 5.92 Å². The van der Waals surface area contributed by atoms with Gasteiger partial charge in [-0.15, -0.1) is 0 Å². The second-order valence-corrected chi connectivity index (χ2v) is 5.66. The van der Waals surface area contributed by atoms with Crippen molar-refractivity contribution in [1.29, 1.82) is 0 Å². The Kier molecular flexibility index (Phi) is 5.01. The molecule has 1 N–H and O–H groups in total. The molecule has 0 aromatic rings. The van der Waals surface area contributed by atoms with Gasteiger partial charge in [0.15, 0.2) is 0 Å². The van der Waals surface area contributed by atoms with E-state index in [-0.39, 0.29) is 11.9 Å². The summed E-state index contributed by atoms with van der Waals surface area (Å²) in [6.45, 7) is 7.04. The van der Waals surface area contributed by atoms with Crippen molar-refractivity contribution in [2.45, 2.75) is 51.6 Å². The van der Waals surface area contributed by atoms with Crippen molar-refractivity contribution < 1.29 is 9.53 Å². The Labute approximate surface area is 110 Å². The first-order chi connectivity index (χ1) is 8.68. The standard InChI is InChI=1S/C14H26N2O2/c1-11(13-5-3-4-6-13)15-12(2)14(17)16-7-9-18-10-8-16/h11-13,15H,3-10H2,1-2H3. The largest absolute Gasteiger partial charge is 0.378 e. The van der Waals surface area contributed by atoms with E-state index in [1.807, 2.05) is 11.8 Å². The molecule has 4 nitrogen and oxygen atoms in total. The first kappa shape index (κ1) is 13.8. The van der Waals surface area contributed by atoms with Crippen molar-refractivity contribution in [2.24, 2.45) is 5.92 Å². The molecular weight excluding hydrogens is 228 g/mol. The fourth-order valence-corrected chi connectivity index (χ4v) is 3.12. The van der Waals surface area contributed by atoms with Gasteiger partial charge < -0.3 is 15.0 Å². The summed E-state index contributed by atoms with van der Waals surface area (Å²) in [5, 5.41) is 3.49. The lowest BCUT2D eigenvalue weighted by atomic mass is 9.99. The van der Waals surface area contributed by atoms with Gasteiger partial charge in [-0.05, 0) is 32.6 Å². The van der Waals surface area contributed by atoms with Gasteiger partial charge in [-0.2, -0.15) is 0 Å². The summed E-state index contributed by atoms with van der Waals surface area (Å²) in [7, 11) is 0. The molecule has 1 aliphatic carbocycles. The molecule has 2 rings (SSSR count). The lowest BCUT2D eigenvalue weighted by Gasteiger charge is -2.31. The number of hydrogen-bond acceptors (Lipinski definition) is 3. The first-order valence-corrected chi connectivity index (χ1v) is 7.31. The molecule has 1 aliphatic heterocycles. The van der Waals surface area contributed by atoms with Gasteiger partial charge in [-0.1, -0.05) is 12.8 Å². The van der Waals surface area contributed by atoms with Crippen molar-refractivity contribution in [1.82, 2.24) is 10.2 Å². The Morgan fingerprint density at radius 2 is 1.83 bits per heavy atom. The Morgan fingerprint density at radius 3 is 2.44 bits per heavy atom. The zero-order valence-electron chi connectivity index (χ0n) is 11.7. The topological polar surface area (TPSA) is 41.6 Å². The van der Waals surface area contributed by atoms with Gasteiger partial charge in [-0.25, -0.2) is 0 Å². The second kappa shape index (κ2) is 6.53. The summed E-state index contributed by atoms with van der Waals surface area (Å²) in [5.74, 6) is 0.980. The van der Waals surface area contributed by atoms with Crippen LogP contribution < -0.4 is 5.32 Å². The molecule has 1 saturated carbocycles. The number of carbonyl (C=O) groups excluding carboxylic acids is 1. The van der Waals surface area contributed by atoms with Crippen molar-refractivity contribution >= 4 is 5.91 Å². The third kappa shape index (κ3) is 3.45. The summed E-state index contributed by atoms with van der Waals surface area (Å²) in [4.78, 5) is 14.2. The maximum Gasteiger partial charge on any atom is 0.239 e. The van der Waals surface area contributed by atoms with Crippen LogP contribution in [0.2, 0.25) is 0 Å². The lowest BCUT2D eigenvalue weighted by molar-refractivity contribution is -0.137. The minimum atomic E-state index is -0.0706. The van der Waals surface area contributed by atoms with Gasteiger partial charge in [0.1, 0.15) is 0 Å². The average Bonchev–Trinajstić information content (AvgIpc) is 2.92. The van der Waals surface area contributed by atoms with Crippen molar-refractivity contribution in [2.75, 3.05) is 26.3 Å². The van der Waals surface area contributed by atoms with E-state index < -0.39 is 0 Å². The summed E-state index contributed by atoms with van der Waals surface area (Å²) in [6, 6.07) is 0.381. The number of nitrogens with one attached hydrogen (secondary N) is 1. The molecule has 4 heteroatoms. The SMILES string of the molecule is CC(NC(C)C1CCCC1)C(=O)N1CCOCC1. The Balaban J connectivity index is 1.78. The number of morpholine rings is 1. The Bertz CT molecular complexity index is 271. The third-order valence-corrected chi connectivity index (χ3v) is 4.31. The van der Waals surface area contributed by atoms with Crippen LogP contribution in [0.4, 0.5) is 0 Å². The molecule has 0 aromatic carbocycles. The number of amides is 1. The molecule has 2 aliphatic rings. The molecule has 0 bridgehead atoms. The molecule has 104 valence electrons. The first-order valence-electron chi connectivity index (χ1n) is 7.31. The molecule has 2 fully saturated rings. The van der Waals surface area contributed by atoms with E-state index in [4.69, 9.17) is 4.74 Å². The monoisotopic (exact) mass is 254 g/mol. The highest BCUT2D eigenvalue weighted by molar-refractivity contribution is 5.81. The van der Waals surface area contributed by atoms with Crippen molar-refractivity contribution in [3.05, 3.63) is 0 Å².